The first-order valence-corrected chi connectivity index (χ1v) is 4.72. The van der Waals surface area contributed by atoms with E-state index in [1.807, 2.05) is 0 Å². The zero-order chi connectivity index (χ0) is 8.84. The van der Waals surface area contributed by atoms with E-state index in [-0.39, 0.29) is 0 Å². The first-order valence-electron chi connectivity index (χ1n) is 4.72. The second-order valence-corrected chi connectivity index (χ2v) is 3.83. The van der Waals surface area contributed by atoms with Crippen LogP contribution in [0.3, 0.4) is 0 Å². The molecule has 0 saturated heterocycles. The Morgan fingerprint density at radius 2 is 2.08 bits per heavy atom. The third kappa shape index (κ3) is 0.857. The average Bonchev–Trinajstić information content (AvgIpc) is 2.48. The van der Waals surface area contributed by atoms with E-state index in [9.17, 15) is 0 Å². The number of rotatable bonds is 0. The van der Waals surface area contributed by atoms with Gasteiger partial charge in [-0.15, -0.1) is 0 Å². The van der Waals surface area contributed by atoms with Gasteiger partial charge < -0.3 is 0 Å². The summed E-state index contributed by atoms with van der Waals surface area (Å²) in [6.07, 6.45) is 3.28. The lowest BCUT2D eigenvalue weighted by Gasteiger charge is -2.24. The summed E-state index contributed by atoms with van der Waals surface area (Å²) in [6.45, 7) is 0. The molecular weight excluding hydrogens is 160 g/mol. The summed E-state index contributed by atoms with van der Waals surface area (Å²) < 4.78 is 0. The van der Waals surface area contributed by atoms with Gasteiger partial charge >= 0.3 is 0 Å². The summed E-state index contributed by atoms with van der Waals surface area (Å²) in [7, 11) is 2.06. The molecule has 2 unspecified atom stereocenters. The fraction of sp³-hybridized carbons (Fsp3) is 0.364. The van der Waals surface area contributed by atoms with E-state index in [0.29, 0.717) is 12.0 Å². The van der Waals surface area contributed by atoms with Crippen LogP contribution in [0.4, 0.5) is 0 Å². The highest BCUT2D eigenvalue weighted by atomic mass is 15.5. The van der Waals surface area contributed by atoms with Crippen LogP contribution < -0.4 is 0 Å². The fourth-order valence-electron chi connectivity index (χ4n) is 2.41. The third-order valence-electron chi connectivity index (χ3n) is 3.11. The van der Waals surface area contributed by atoms with Crippen molar-refractivity contribution < 1.29 is 0 Å². The molecule has 2 aliphatic rings. The number of nitrogens with zero attached hydrogens (tertiary/aromatic N) is 2. The van der Waals surface area contributed by atoms with Gasteiger partial charge in [0.2, 0.25) is 0 Å². The van der Waals surface area contributed by atoms with Crippen molar-refractivity contribution in [2.75, 3.05) is 7.05 Å². The Bertz CT molecular complexity index is 370. The Hall–Kier alpha value is -1.31. The smallest absolute Gasteiger partial charge is 0.0728 e. The summed E-state index contributed by atoms with van der Waals surface area (Å²) >= 11 is 0. The SMILES string of the molecule is CN1N=CC2CC1c1ccccc12. The van der Waals surface area contributed by atoms with Crippen molar-refractivity contribution in [3.63, 3.8) is 0 Å². The molecule has 66 valence electrons. The van der Waals surface area contributed by atoms with Crippen molar-refractivity contribution in [2.45, 2.75) is 18.4 Å². The van der Waals surface area contributed by atoms with Crippen molar-refractivity contribution in [1.29, 1.82) is 0 Å². The van der Waals surface area contributed by atoms with Crippen LogP contribution in [0.1, 0.15) is 29.5 Å². The number of hydrazone groups is 1. The molecule has 0 aromatic heterocycles. The molecule has 0 N–H and O–H groups in total. The lowest BCUT2D eigenvalue weighted by atomic mass is 10.0. The van der Waals surface area contributed by atoms with Gasteiger partial charge in [0.05, 0.1) is 6.04 Å². The molecule has 1 aromatic carbocycles. The maximum atomic E-state index is 4.38. The lowest BCUT2D eigenvalue weighted by Crippen LogP contribution is -2.20. The number of benzene rings is 1. The van der Waals surface area contributed by atoms with Gasteiger partial charge in [-0.1, -0.05) is 24.3 Å². The Morgan fingerprint density at radius 1 is 1.31 bits per heavy atom. The van der Waals surface area contributed by atoms with Crippen molar-refractivity contribution in [2.24, 2.45) is 5.10 Å². The van der Waals surface area contributed by atoms with Gasteiger partial charge in [0.1, 0.15) is 0 Å². The average molecular weight is 172 g/mol. The topological polar surface area (TPSA) is 15.6 Å². The third-order valence-corrected chi connectivity index (χ3v) is 3.11. The van der Waals surface area contributed by atoms with E-state index >= 15 is 0 Å². The minimum atomic E-state index is 0.520. The number of fused-ring (bicyclic) bond motifs is 5. The number of hydrogen-bond acceptors (Lipinski definition) is 2. The second kappa shape index (κ2) is 2.34. The molecule has 0 amide bonds. The highest BCUT2D eigenvalue weighted by Crippen LogP contribution is 2.44. The summed E-state index contributed by atoms with van der Waals surface area (Å²) in [6, 6.07) is 9.21. The zero-order valence-electron chi connectivity index (χ0n) is 7.64. The van der Waals surface area contributed by atoms with Crippen LogP contribution in [0.15, 0.2) is 29.4 Å². The summed E-state index contributed by atoms with van der Waals surface area (Å²) in [5.74, 6) is 0.567. The number of hydrogen-bond donors (Lipinski definition) is 0. The van der Waals surface area contributed by atoms with E-state index < -0.39 is 0 Å². The van der Waals surface area contributed by atoms with Gasteiger partial charge in [-0.25, -0.2) is 0 Å². The molecule has 0 saturated carbocycles. The highest BCUT2D eigenvalue weighted by molar-refractivity contribution is 5.72. The first kappa shape index (κ1) is 7.13. The van der Waals surface area contributed by atoms with Gasteiger partial charge in [0.25, 0.3) is 0 Å². The van der Waals surface area contributed by atoms with Crippen molar-refractivity contribution in [3.8, 4) is 0 Å². The largest absolute Gasteiger partial charge is 0.293 e. The molecule has 0 fully saturated rings. The first-order chi connectivity index (χ1) is 6.36. The van der Waals surface area contributed by atoms with Crippen LogP contribution in [-0.2, 0) is 0 Å². The molecule has 2 atom stereocenters. The van der Waals surface area contributed by atoms with Gasteiger partial charge in [-0.05, 0) is 17.5 Å². The molecule has 2 nitrogen and oxygen atoms in total. The van der Waals surface area contributed by atoms with Gasteiger partial charge in [-0.2, -0.15) is 5.10 Å². The predicted octanol–water partition coefficient (Wildman–Crippen LogP) is 2.15. The van der Waals surface area contributed by atoms with E-state index in [2.05, 4.69) is 47.6 Å². The summed E-state index contributed by atoms with van der Waals surface area (Å²) in [4.78, 5) is 0. The van der Waals surface area contributed by atoms with Crippen LogP contribution in [-0.4, -0.2) is 18.3 Å². The monoisotopic (exact) mass is 172 g/mol. The Labute approximate surface area is 77.9 Å². The molecule has 2 bridgehead atoms. The minimum Gasteiger partial charge on any atom is -0.293 e. The molecule has 1 aliphatic carbocycles. The van der Waals surface area contributed by atoms with Gasteiger partial charge in [-0.3, -0.25) is 5.01 Å². The molecule has 1 aliphatic heterocycles. The molecule has 0 radical (unpaired) electrons. The van der Waals surface area contributed by atoms with Crippen molar-refractivity contribution >= 4 is 6.21 Å². The maximum absolute atomic E-state index is 4.38. The quantitative estimate of drug-likeness (QED) is 0.585. The maximum Gasteiger partial charge on any atom is 0.0728 e. The molecule has 1 heterocycles. The lowest BCUT2D eigenvalue weighted by molar-refractivity contribution is 0.243. The Morgan fingerprint density at radius 3 is 2.92 bits per heavy atom. The van der Waals surface area contributed by atoms with Crippen LogP contribution in [0.25, 0.3) is 0 Å². The normalized spacial score (nSPS) is 29.2. The van der Waals surface area contributed by atoms with Gasteiger partial charge in [0.15, 0.2) is 0 Å². The van der Waals surface area contributed by atoms with E-state index in [1.54, 1.807) is 0 Å². The summed E-state index contributed by atoms with van der Waals surface area (Å²) in [5.41, 5.74) is 2.94. The molecule has 3 rings (SSSR count). The van der Waals surface area contributed by atoms with Crippen molar-refractivity contribution in [3.05, 3.63) is 35.4 Å². The standard InChI is InChI=1S/C11H12N2/c1-13-11-6-8(7-12-13)9-4-2-3-5-10(9)11/h2-5,7-8,11H,6H2,1H3. The zero-order valence-corrected chi connectivity index (χ0v) is 7.64. The van der Waals surface area contributed by atoms with E-state index in [4.69, 9.17) is 0 Å². The molecule has 13 heavy (non-hydrogen) atoms. The van der Waals surface area contributed by atoms with E-state index in [0.717, 1.165) is 0 Å². The minimum absolute atomic E-state index is 0.520. The van der Waals surface area contributed by atoms with E-state index in [1.165, 1.54) is 17.5 Å². The second-order valence-electron chi connectivity index (χ2n) is 3.83. The molecule has 0 spiro atoms. The highest BCUT2D eigenvalue weighted by Gasteiger charge is 2.34. The van der Waals surface area contributed by atoms with Gasteiger partial charge in [0, 0.05) is 19.2 Å². The van der Waals surface area contributed by atoms with Crippen LogP contribution >= 0.6 is 0 Å². The summed E-state index contributed by atoms with van der Waals surface area (Å²) in [5, 5.41) is 6.45. The molecule has 2 heteroatoms. The Kier molecular flexibility index (Phi) is 1.29. The Balaban J connectivity index is 2.19. The van der Waals surface area contributed by atoms with Crippen LogP contribution in [0.2, 0.25) is 0 Å². The fourth-order valence-corrected chi connectivity index (χ4v) is 2.41. The molecular formula is C11H12N2. The van der Waals surface area contributed by atoms with Crippen LogP contribution in [0, 0.1) is 0 Å². The van der Waals surface area contributed by atoms with Crippen molar-refractivity contribution in [1.82, 2.24) is 5.01 Å². The predicted molar refractivity (Wildman–Crippen MR) is 52.8 cm³/mol. The van der Waals surface area contributed by atoms with Crippen LogP contribution in [0.5, 0.6) is 0 Å². The molecule has 1 aromatic rings.